The fourth-order valence-electron chi connectivity index (χ4n) is 5.10. The maximum Gasteiger partial charge on any atom is 0.313 e. The highest BCUT2D eigenvalue weighted by Crippen LogP contribution is 2.38. The van der Waals surface area contributed by atoms with Crippen molar-refractivity contribution >= 4 is 39.9 Å². The molecule has 3 aromatic carbocycles. The van der Waals surface area contributed by atoms with E-state index in [0.29, 0.717) is 31.6 Å². The van der Waals surface area contributed by atoms with Crippen molar-refractivity contribution < 1.29 is 14.4 Å². The number of aryl methyl sites for hydroxylation is 1. The highest BCUT2D eigenvalue weighted by molar-refractivity contribution is 6.39. The molecule has 5 rings (SSSR count). The van der Waals surface area contributed by atoms with E-state index in [2.05, 4.69) is 34.9 Å². The number of hydrogen-bond donors (Lipinski definition) is 2. The van der Waals surface area contributed by atoms with Crippen molar-refractivity contribution in [3.8, 4) is 0 Å². The van der Waals surface area contributed by atoms with Gasteiger partial charge in [-0.05, 0) is 66.5 Å². The Bertz CT molecular complexity index is 1300. The van der Waals surface area contributed by atoms with Crippen LogP contribution in [0.15, 0.2) is 54.6 Å². The van der Waals surface area contributed by atoms with Gasteiger partial charge in [0.2, 0.25) is 5.91 Å². The second kappa shape index (κ2) is 8.91. The van der Waals surface area contributed by atoms with Gasteiger partial charge in [0.1, 0.15) is 0 Å². The first-order chi connectivity index (χ1) is 16.4. The summed E-state index contributed by atoms with van der Waals surface area (Å²) in [5.74, 6) is -1.20. The Kier molecular flexibility index (Phi) is 5.79. The summed E-state index contributed by atoms with van der Waals surface area (Å²) in [6.07, 6.45) is 1.90. The van der Waals surface area contributed by atoms with Crippen molar-refractivity contribution in [2.45, 2.75) is 25.3 Å². The highest BCUT2D eigenvalue weighted by Gasteiger charge is 2.31. The van der Waals surface area contributed by atoms with Crippen molar-refractivity contribution in [2.75, 3.05) is 37.4 Å². The minimum atomic E-state index is -0.690. The van der Waals surface area contributed by atoms with E-state index in [-0.39, 0.29) is 11.9 Å². The summed E-state index contributed by atoms with van der Waals surface area (Å²) in [7, 11) is 3.92. The molecule has 0 bridgehead atoms. The van der Waals surface area contributed by atoms with Gasteiger partial charge in [0.05, 0.1) is 11.7 Å². The number of nitrogens with zero attached hydrogens (tertiary/aromatic N) is 2. The predicted molar refractivity (Wildman–Crippen MR) is 133 cm³/mol. The van der Waals surface area contributed by atoms with Crippen LogP contribution in [0.1, 0.15) is 29.2 Å². The lowest BCUT2D eigenvalue weighted by Gasteiger charge is -2.26. The zero-order valence-electron chi connectivity index (χ0n) is 19.4. The topological polar surface area (TPSA) is 81.8 Å². The van der Waals surface area contributed by atoms with Gasteiger partial charge in [-0.2, -0.15) is 0 Å². The predicted octanol–water partition coefficient (Wildman–Crippen LogP) is 3.03. The number of carbonyl (C=O) groups is 3. The first kappa shape index (κ1) is 22.1. The SMILES string of the molecule is CN(C)C(CNC(=O)C(=O)Nc1cc2c3c(c1)CCN3C(=O)CC2)c1cccc2ccccc12. The van der Waals surface area contributed by atoms with E-state index in [1.807, 2.05) is 54.2 Å². The zero-order valence-corrected chi connectivity index (χ0v) is 19.4. The molecule has 1 atom stereocenters. The molecule has 2 heterocycles. The number of carbonyl (C=O) groups excluding carboxylic acids is 3. The minimum Gasteiger partial charge on any atom is -0.346 e. The molecule has 3 amide bonds. The molecule has 0 spiro atoms. The fourth-order valence-corrected chi connectivity index (χ4v) is 5.10. The van der Waals surface area contributed by atoms with Gasteiger partial charge >= 0.3 is 11.8 Å². The van der Waals surface area contributed by atoms with Crippen LogP contribution in [0, 0.1) is 0 Å². The molecule has 0 aliphatic carbocycles. The Balaban J connectivity index is 1.28. The molecule has 2 aliphatic rings. The van der Waals surface area contributed by atoms with Gasteiger partial charge in [0, 0.05) is 25.2 Å². The lowest BCUT2D eigenvalue weighted by Crippen LogP contribution is -2.40. The first-order valence-electron chi connectivity index (χ1n) is 11.6. The molecule has 2 aliphatic heterocycles. The molecule has 34 heavy (non-hydrogen) atoms. The Morgan fingerprint density at radius 3 is 2.50 bits per heavy atom. The largest absolute Gasteiger partial charge is 0.346 e. The van der Waals surface area contributed by atoms with Crippen LogP contribution in [0.5, 0.6) is 0 Å². The van der Waals surface area contributed by atoms with Gasteiger partial charge in [-0.25, -0.2) is 0 Å². The van der Waals surface area contributed by atoms with Crippen LogP contribution >= 0.6 is 0 Å². The number of fused-ring (bicyclic) bond motifs is 1. The number of nitrogens with one attached hydrogen (secondary N) is 2. The maximum atomic E-state index is 12.7. The fraction of sp³-hybridized carbons (Fsp3) is 0.296. The molecular formula is C27H28N4O3. The third-order valence-electron chi connectivity index (χ3n) is 6.78. The van der Waals surface area contributed by atoms with E-state index >= 15 is 0 Å². The van der Waals surface area contributed by atoms with Gasteiger partial charge in [-0.3, -0.25) is 14.4 Å². The number of rotatable bonds is 5. The number of benzene rings is 3. The molecule has 174 valence electrons. The van der Waals surface area contributed by atoms with Crippen molar-refractivity contribution in [2.24, 2.45) is 0 Å². The Morgan fingerprint density at radius 1 is 0.971 bits per heavy atom. The summed E-state index contributed by atoms with van der Waals surface area (Å²) in [5.41, 5.74) is 4.78. The zero-order chi connectivity index (χ0) is 23.8. The number of amides is 3. The highest BCUT2D eigenvalue weighted by atomic mass is 16.2. The lowest BCUT2D eigenvalue weighted by molar-refractivity contribution is -0.136. The van der Waals surface area contributed by atoms with Gasteiger partial charge in [0.25, 0.3) is 0 Å². The van der Waals surface area contributed by atoms with E-state index in [4.69, 9.17) is 0 Å². The van der Waals surface area contributed by atoms with Crippen LogP contribution in [0.25, 0.3) is 10.8 Å². The number of anilines is 2. The van der Waals surface area contributed by atoms with Gasteiger partial charge in [-0.1, -0.05) is 42.5 Å². The Labute approximate surface area is 198 Å². The molecule has 7 heteroatoms. The maximum absolute atomic E-state index is 12.7. The van der Waals surface area contributed by atoms with Crippen molar-refractivity contribution in [3.05, 3.63) is 71.3 Å². The molecule has 0 radical (unpaired) electrons. The van der Waals surface area contributed by atoms with Crippen molar-refractivity contribution in [3.63, 3.8) is 0 Å². The summed E-state index contributed by atoms with van der Waals surface area (Å²) < 4.78 is 0. The summed E-state index contributed by atoms with van der Waals surface area (Å²) in [6.45, 7) is 0.985. The minimum absolute atomic E-state index is 0.0872. The van der Waals surface area contributed by atoms with E-state index in [1.165, 1.54) is 0 Å². The van der Waals surface area contributed by atoms with Gasteiger partial charge in [-0.15, -0.1) is 0 Å². The van der Waals surface area contributed by atoms with E-state index in [0.717, 1.165) is 39.6 Å². The molecule has 7 nitrogen and oxygen atoms in total. The van der Waals surface area contributed by atoms with Crippen LogP contribution in [0.2, 0.25) is 0 Å². The molecule has 3 aromatic rings. The molecular weight excluding hydrogens is 428 g/mol. The summed E-state index contributed by atoms with van der Waals surface area (Å²) in [5, 5.41) is 7.82. The van der Waals surface area contributed by atoms with Crippen molar-refractivity contribution in [1.29, 1.82) is 0 Å². The van der Waals surface area contributed by atoms with Crippen molar-refractivity contribution in [1.82, 2.24) is 10.2 Å². The standard InChI is InChI=1S/C27H28N4O3/c1-30(2)23(22-9-5-7-17-6-3-4-8-21(17)22)16-28-26(33)27(34)29-20-14-18-10-11-24(32)31-13-12-19(15-20)25(18)31/h3-9,14-15,23H,10-13,16H2,1-2H3,(H,28,33)(H,29,34). The molecule has 0 saturated carbocycles. The van der Waals surface area contributed by atoms with E-state index < -0.39 is 11.8 Å². The second-order valence-corrected chi connectivity index (χ2v) is 9.15. The Hall–Kier alpha value is -3.71. The smallest absolute Gasteiger partial charge is 0.313 e. The average molecular weight is 457 g/mol. The molecule has 0 saturated heterocycles. The van der Waals surface area contributed by atoms with E-state index in [9.17, 15) is 14.4 Å². The molecule has 0 aromatic heterocycles. The normalized spacial score (nSPS) is 15.4. The first-order valence-corrected chi connectivity index (χ1v) is 11.6. The summed E-state index contributed by atoms with van der Waals surface area (Å²) in [4.78, 5) is 41.3. The van der Waals surface area contributed by atoms with Crippen LogP contribution in [-0.2, 0) is 27.2 Å². The van der Waals surface area contributed by atoms with Crippen LogP contribution in [0.3, 0.4) is 0 Å². The Morgan fingerprint density at radius 2 is 1.71 bits per heavy atom. The summed E-state index contributed by atoms with van der Waals surface area (Å²) >= 11 is 0. The second-order valence-electron chi connectivity index (χ2n) is 9.15. The van der Waals surface area contributed by atoms with Gasteiger partial charge < -0.3 is 20.4 Å². The molecule has 1 unspecified atom stereocenters. The van der Waals surface area contributed by atoms with E-state index in [1.54, 1.807) is 0 Å². The van der Waals surface area contributed by atoms with Crippen LogP contribution in [-0.4, -0.2) is 49.8 Å². The quantitative estimate of drug-likeness (QED) is 0.579. The number of hydrogen-bond acceptors (Lipinski definition) is 4. The van der Waals surface area contributed by atoms with Crippen LogP contribution < -0.4 is 15.5 Å². The van der Waals surface area contributed by atoms with Gasteiger partial charge in [0.15, 0.2) is 0 Å². The monoisotopic (exact) mass is 456 g/mol. The number of likely N-dealkylation sites (N-methyl/N-ethyl adjacent to an activating group) is 1. The van der Waals surface area contributed by atoms with Crippen LogP contribution in [0.4, 0.5) is 11.4 Å². The summed E-state index contributed by atoms with van der Waals surface area (Å²) in [6, 6.07) is 18.0. The third kappa shape index (κ3) is 4.03. The molecule has 2 N–H and O–H groups in total. The molecule has 0 fully saturated rings. The third-order valence-corrected chi connectivity index (χ3v) is 6.78. The average Bonchev–Trinajstić information content (AvgIpc) is 3.26. The lowest BCUT2D eigenvalue weighted by atomic mass is 9.98.